The number of imide groups is 1. The number of likely N-dealkylation sites (tertiary alicyclic amines) is 2. The lowest BCUT2D eigenvalue weighted by Gasteiger charge is -2.39. The monoisotopic (exact) mass is 1020 g/mol. The van der Waals surface area contributed by atoms with E-state index in [9.17, 15) is 14.4 Å². The Balaban J connectivity index is 0.594. The fourth-order valence-electron chi connectivity index (χ4n) is 11.0. The van der Waals surface area contributed by atoms with Gasteiger partial charge in [-0.1, -0.05) is 24.0 Å². The number of nitrogens with one attached hydrogen (secondary N) is 2. The number of carbonyl (C=O) groups excluding carboxylic acids is 3. The first-order chi connectivity index (χ1) is 36.5. The quantitative estimate of drug-likeness (QED) is 0.101. The summed E-state index contributed by atoms with van der Waals surface area (Å²) in [4.78, 5) is 59.3. The minimum absolute atomic E-state index is 0.0140. The van der Waals surface area contributed by atoms with Crippen molar-refractivity contribution in [2.45, 2.75) is 70.2 Å². The molecule has 4 N–H and O–H groups in total. The number of piperazine rings is 1. The number of aromatic nitrogens is 6. The van der Waals surface area contributed by atoms with E-state index in [1.807, 2.05) is 70.6 Å². The Labute approximate surface area is 433 Å². The Morgan fingerprint density at radius 1 is 0.893 bits per heavy atom. The number of carbonyl (C=O) groups is 3. The molecule has 19 heteroatoms. The molecule has 6 aromatic rings. The molecule has 5 aliphatic heterocycles. The molecule has 9 heterocycles. The van der Waals surface area contributed by atoms with Crippen molar-refractivity contribution in [3.05, 3.63) is 132 Å². The Kier molecular flexibility index (Phi) is 14.1. The third kappa shape index (κ3) is 10.8. The number of benzene rings is 2. The van der Waals surface area contributed by atoms with Gasteiger partial charge < -0.3 is 25.6 Å². The molecule has 5 aliphatic rings. The van der Waals surface area contributed by atoms with Crippen LogP contribution in [0.3, 0.4) is 0 Å². The van der Waals surface area contributed by atoms with Gasteiger partial charge in [-0.05, 0) is 93.1 Å². The minimum atomic E-state index is -0.646. The fraction of sp³-hybridized carbons (Fsp3) is 0.375. The van der Waals surface area contributed by atoms with E-state index in [4.69, 9.17) is 15.5 Å². The molecule has 0 spiro atoms. The zero-order chi connectivity index (χ0) is 51.6. The Morgan fingerprint density at radius 2 is 1.67 bits per heavy atom. The first kappa shape index (κ1) is 49.3. The zero-order valence-electron chi connectivity index (χ0n) is 41.8. The highest BCUT2D eigenvalue weighted by Gasteiger charge is 2.34. The van der Waals surface area contributed by atoms with Crippen molar-refractivity contribution in [1.82, 2.24) is 54.6 Å². The number of anilines is 2. The maximum atomic E-state index is 15.9. The van der Waals surface area contributed by atoms with Gasteiger partial charge in [0, 0.05) is 112 Å². The van der Waals surface area contributed by atoms with Crippen molar-refractivity contribution < 1.29 is 27.9 Å². The predicted molar refractivity (Wildman–Crippen MR) is 279 cm³/mol. The van der Waals surface area contributed by atoms with Crippen LogP contribution in [0, 0.1) is 36.3 Å². The second kappa shape index (κ2) is 21.5. The van der Waals surface area contributed by atoms with Crippen LogP contribution < -0.4 is 26.0 Å². The fourth-order valence-corrected chi connectivity index (χ4v) is 11.0. The number of nitrogen functional groups attached to an aromatic ring is 1. The Bertz CT molecular complexity index is 3220. The number of amides is 3. The van der Waals surface area contributed by atoms with Gasteiger partial charge in [-0.3, -0.25) is 38.7 Å². The number of nitrogens with zero attached hydrogens (tertiary/aromatic N) is 10. The Hall–Kier alpha value is -7.95. The number of imidazole rings is 1. The van der Waals surface area contributed by atoms with E-state index >= 15 is 8.78 Å². The average Bonchev–Trinajstić information content (AvgIpc) is 4.05. The van der Waals surface area contributed by atoms with Crippen LogP contribution in [0.4, 0.5) is 20.3 Å². The summed E-state index contributed by atoms with van der Waals surface area (Å²) >= 11 is 0. The van der Waals surface area contributed by atoms with E-state index in [1.54, 1.807) is 34.7 Å². The van der Waals surface area contributed by atoms with E-state index in [1.165, 1.54) is 12.1 Å². The van der Waals surface area contributed by atoms with Gasteiger partial charge >= 0.3 is 0 Å². The van der Waals surface area contributed by atoms with Gasteiger partial charge in [-0.15, -0.1) is 0 Å². The van der Waals surface area contributed by atoms with Crippen LogP contribution in [0.1, 0.15) is 67.4 Å². The third-order valence-corrected chi connectivity index (χ3v) is 15.1. The van der Waals surface area contributed by atoms with Crippen molar-refractivity contribution in [2.24, 2.45) is 5.92 Å². The molecule has 0 saturated carbocycles. The Morgan fingerprint density at radius 3 is 2.39 bits per heavy atom. The standard InChI is InChI=1S/C56H59F2N13O4/c1-36-63-49-11-10-48(41-14-19-60-50(59)29-41)64-54(49)71(36)43-30-46(57)53(47(58)31-43)68-27-25-66(26-28-68)20-2-3-37-4-12-51(61-32-37)67-21-15-40(16-22-67)56(74)69-23-17-42(18-24-69)70-34-38(33-62-70)35-75-44-7-5-39(6-8-44)45-9-13-52(72)65-55(45)73/h4-8,10-12,14,19,29-34,40,42,45,51,61H,9,13,15-18,20-28,35H2,1H3,(H2,59,60)(H,65,72,73). The molecule has 2 unspecified atom stereocenters. The van der Waals surface area contributed by atoms with Crippen molar-refractivity contribution in [2.75, 3.05) is 69.5 Å². The molecule has 3 amide bonds. The van der Waals surface area contributed by atoms with Crippen LogP contribution in [0.25, 0.3) is 28.1 Å². The van der Waals surface area contributed by atoms with Crippen LogP contribution in [0.2, 0.25) is 0 Å². The third-order valence-electron chi connectivity index (χ3n) is 15.1. The van der Waals surface area contributed by atoms with E-state index in [0.29, 0.717) is 105 Å². The molecule has 0 aliphatic carbocycles. The van der Waals surface area contributed by atoms with E-state index in [-0.39, 0.29) is 47.5 Å². The first-order valence-corrected chi connectivity index (χ1v) is 25.8. The van der Waals surface area contributed by atoms with Crippen molar-refractivity contribution in [1.29, 1.82) is 0 Å². The molecule has 75 heavy (non-hydrogen) atoms. The van der Waals surface area contributed by atoms with Crippen molar-refractivity contribution >= 4 is 40.4 Å². The summed E-state index contributed by atoms with van der Waals surface area (Å²) in [6.45, 7) is 7.86. The van der Waals surface area contributed by atoms with E-state index in [2.05, 4.69) is 53.4 Å². The molecule has 0 bridgehead atoms. The molecular formula is C56H59F2N13O4. The molecule has 4 saturated heterocycles. The second-order valence-corrected chi connectivity index (χ2v) is 20.0. The lowest BCUT2D eigenvalue weighted by Crippen LogP contribution is -2.50. The SMILES string of the molecule is Cc1nc2ccc(-c3ccnc(N)c3)nc2n1-c1cc(F)c(N2CCN(CC#CC3=CNC(N4CCC(C(=O)N5CCC(n6cc(COc7ccc(C8CCC(=O)NC8=O)cc7)cn6)CC5)CC4)C=C3)CC2)c(F)c1. The van der Waals surface area contributed by atoms with Crippen LogP contribution >= 0.6 is 0 Å². The van der Waals surface area contributed by atoms with E-state index in [0.717, 1.165) is 61.0 Å². The molecule has 11 rings (SSSR count). The number of dihydropyridines is 1. The van der Waals surface area contributed by atoms with Gasteiger partial charge in [-0.25, -0.2) is 23.7 Å². The number of piperidine rings is 3. The number of pyridine rings is 2. The number of allylic oxidation sites excluding steroid dienone is 2. The van der Waals surface area contributed by atoms with Gasteiger partial charge in [0.2, 0.25) is 17.7 Å². The first-order valence-electron chi connectivity index (χ1n) is 25.8. The van der Waals surface area contributed by atoms with Gasteiger partial charge in [-0.2, -0.15) is 5.10 Å². The summed E-state index contributed by atoms with van der Waals surface area (Å²) in [6, 6.07) is 17.6. The number of hydrogen-bond acceptors (Lipinski definition) is 13. The maximum Gasteiger partial charge on any atom is 0.234 e. The largest absolute Gasteiger partial charge is 0.489 e. The maximum absolute atomic E-state index is 15.9. The summed E-state index contributed by atoms with van der Waals surface area (Å²) in [6.07, 6.45) is 15.8. The highest BCUT2D eigenvalue weighted by atomic mass is 19.1. The number of rotatable bonds is 11. The minimum Gasteiger partial charge on any atom is -0.489 e. The lowest BCUT2D eigenvalue weighted by atomic mass is 9.90. The summed E-state index contributed by atoms with van der Waals surface area (Å²) in [7, 11) is 0. The number of halogens is 2. The zero-order valence-corrected chi connectivity index (χ0v) is 41.8. The molecule has 4 aromatic heterocycles. The highest BCUT2D eigenvalue weighted by Crippen LogP contribution is 2.33. The number of ether oxygens (including phenoxy) is 1. The number of hydrogen-bond donors (Lipinski definition) is 3. The topological polar surface area (TPSA) is 185 Å². The van der Waals surface area contributed by atoms with Crippen LogP contribution in [0.15, 0.2) is 103 Å². The van der Waals surface area contributed by atoms with Gasteiger partial charge in [0.25, 0.3) is 0 Å². The van der Waals surface area contributed by atoms with Crippen molar-refractivity contribution in [3.63, 3.8) is 0 Å². The predicted octanol–water partition coefficient (Wildman–Crippen LogP) is 6.02. The number of nitrogens with two attached hydrogens (primary N) is 1. The molecule has 2 atom stereocenters. The summed E-state index contributed by atoms with van der Waals surface area (Å²) < 4.78 is 41.5. The molecule has 2 aromatic carbocycles. The normalized spacial score (nSPS) is 20.1. The summed E-state index contributed by atoms with van der Waals surface area (Å²) in [5.74, 6) is 6.34. The lowest BCUT2D eigenvalue weighted by molar-refractivity contribution is -0.138. The molecule has 4 fully saturated rings. The van der Waals surface area contributed by atoms with E-state index < -0.39 is 11.6 Å². The summed E-state index contributed by atoms with van der Waals surface area (Å²) in [5.41, 5.74) is 11.4. The van der Waals surface area contributed by atoms with Crippen molar-refractivity contribution in [3.8, 4) is 34.5 Å². The average molecular weight is 1020 g/mol. The number of aryl methyl sites for hydroxylation is 1. The highest BCUT2D eigenvalue weighted by molar-refractivity contribution is 6.01. The number of fused-ring (bicyclic) bond motifs is 1. The molecule has 17 nitrogen and oxygen atoms in total. The second-order valence-electron chi connectivity index (χ2n) is 20.0. The van der Waals surface area contributed by atoms with Gasteiger partial charge in [0.05, 0.1) is 42.2 Å². The van der Waals surface area contributed by atoms with Crippen LogP contribution in [-0.2, 0) is 21.0 Å². The summed E-state index contributed by atoms with van der Waals surface area (Å²) in [5, 5.41) is 10.5. The van der Waals surface area contributed by atoms with Crippen LogP contribution in [0.5, 0.6) is 5.75 Å². The van der Waals surface area contributed by atoms with Gasteiger partial charge in [0.15, 0.2) is 17.3 Å². The van der Waals surface area contributed by atoms with Gasteiger partial charge in [0.1, 0.15) is 35.2 Å². The van der Waals surface area contributed by atoms with Crippen LogP contribution in [-0.4, -0.2) is 127 Å². The smallest absolute Gasteiger partial charge is 0.234 e. The molecule has 386 valence electrons. The molecule has 0 radical (unpaired) electrons. The molecular weight excluding hydrogens is 957 g/mol.